The summed E-state index contributed by atoms with van der Waals surface area (Å²) in [4.78, 5) is 41.7. The second-order valence-electron chi connectivity index (χ2n) is 8.91. The minimum absolute atomic E-state index is 0.189. The van der Waals surface area contributed by atoms with Gasteiger partial charge in [-0.1, -0.05) is 59.6 Å². The van der Waals surface area contributed by atoms with Crippen molar-refractivity contribution in [2.75, 3.05) is 19.8 Å². The molecule has 3 fully saturated rings. The van der Waals surface area contributed by atoms with E-state index in [1.54, 1.807) is 6.92 Å². The van der Waals surface area contributed by atoms with Crippen molar-refractivity contribution < 1.29 is 29.0 Å². The molecule has 1 spiro atoms. The van der Waals surface area contributed by atoms with E-state index in [9.17, 15) is 19.5 Å². The Labute approximate surface area is 202 Å². The molecule has 2 amide bonds. The van der Waals surface area contributed by atoms with Crippen LogP contribution in [0.1, 0.15) is 44.7 Å². The number of carbonyl (C=O) groups excluding carboxylic acids is 3. The van der Waals surface area contributed by atoms with E-state index < -0.39 is 41.6 Å². The van der Waals surface area contributed by atoms with Crippen LogP contribution in [0.4, 0.5) is 0 Å². The van der Waals surface area contributed by atoms with Gasteiger partial charge in [-0.3, -0.25) is 14.4 Å². The van der Waals surface area contributed by atoms with E-state index in [1.165, 1.54) is 4.90 Å². The first kappa shape index (κ1) is 24.2. The highest BCUT2D eigenvalue weighted by atomic mass is 79.9. The Balaban J connectivity index is 1.78. The predicted octanol–water partition coefficient (Wildman–Crippen LogP) is 1.95. The van der Waals surface area contributed by atoms with Crippen LogP contribution in [-0.2, 0) is 23.9 Å². The van der Waals surface area contributed by atoms with Crippen LogP contribution in [0.25, 0.3) is 0 Å². The molecular weight excluding hydrogens is 492 g/mol. The third kappa shape index (κ3) is 3.88. The molecule has 1 aromatic rings. The van der Waals surface area contributed by atoms with Crippen molar-refractivity contribution in [2.45, 2.75) is 61.7 Å². The van der Waals surface area contributed by atoms with Gasteiger partial charge >= 0.3 is 5.97 Å². The molecule has 9 heteroatoms. The minimum Gasteiger partial charge on any atom is -0.466 e. The number of nitrogens with zero attached hydrogens (tertiary/aromatic N) is 1. The molecule has 8 nitrogen and oxygen atoms in total. The van der Waals surface area contributed by atoms with E-state index in [2.05, 4.69) is 21.2 Å². The number of esters is 1. The molecule has 2 N–H and O–H groups in total. The number of hydrogen-bond acceptors (Lipinski definition) is 6. The summed E-state index contributed by atoms with van der Waals surface area (Å²) >= 11 is 3.62. The lowest BCUT2D eigenvalue weighted by molar-refractivity contribution is -0.155. The van der Waals surface area contributed by atoms with Gasteiger partial charge in [-0.2, -0.15) is 0 Å². The molecule has 3 saturated heterocycles. The van der Waals surface area contributed by atoms with Crippen molar-refractivity contribution in [1.82, 2.24) is 10.2 Å². The predicted molar refractivity (Wildman–Crippen MR) is 123 cm³/mol. The summed E-state index contributed by atoms with van der Waals surface area (Å²) < 4.78 is 11.7. The topological polar surface area (TPSA) is 105 Å². The number of carbonyl (C=O) groups is 3. The molecule has 4 rings (SSSR count). The van der Waals surface area contributed by atoms with Gasteiger partial charge in [0.05, 0.1) is 37.2 Å². The van der Waals surface area contributed by atoms with Crippen molar-refractivity contribution in [1.29, 1.82) is 0 Å². The zero-order valence-corrected chi connectivity index (χ0v) is 20.5. The van der Waals surface area contributed by atoms with Gasteiger partial charge in [-0.15, -0.1) is 0 Å². The fourth-order valence-electron chi connectivity index (χ4n) is 5.73. The highest BCUT2D eigenvalue weighted by molar-refractivity contribution is 9.09. The fraction of sp³-hybridized carbons (Fsp3) is 0.625. The first-order valence-electron chi connectivity index (χ1n) is 11.6. The SMILES string of the molecule is CCCCNC(=O)[C@@H]1N([C@H](CO)c2ccccc2)C(=O)[C@H]2[C@H](C(=O)OCC)[C@H]3O[C@@]12CC3Br. The molecule has 0 aromatic heterocycles. The van der Waals surface area contributed by atoms with Gasteiger partial charge in [0.15, 0.2) is 0 Å². The third-order valence-corrected chi connectivity index (χ3v) is 7.90. The van der Waals surface area contributed by atoms with Crippen molar-refractivity contribution in [3.63, 3.8) is 0 Å². The zero-order chi connectivity index (χ0) is 23.8. The Morgan fingerprint density at radius 1 is 1.33 bits per heavy atom. The Bertz CT molecular complexity index is 898. The van der Waals surface area contributed by atoms with Crippen LogP contribution in [0, 0.1) is 11.8 Å². The molecule has 33 heavy (non-hydrogen) atoms. The number of halogens is 1. The summed E-state index contributed by atoms with van der Waals surface area (Å²) in [5.41, 5.74) is -0.444. The fourth-order valence-corrected chi connectivity index (χ4v) is 6.67. The summed E-state index contributed by atoms with van der Waals surface area (Å²) in [6.45, 7) is 4.06. The lowest BCUT2D eigenvalue weighted by Crippen LogP contribution is -2.56. The van der Waals surface area contributed by atoms with E-state index in [0.717, 1.165) is 12.8 Å². The number of benzene rings is 1. The van der Waals surface area contributed by atoms with Crippen LogP contribution in [0.3, 0.4) is 0 Å². The maximum Gasteiger partial charge on any atom is 0.312 e. The molecule has 1 aromatic carbocycles. The van der Waals surface area contributed by atoms with E-state index in [0.29, 0.717) is 18.5 Å². The van der Waals surface area contributed by atoms with Crippen LogP contribution in [0.2, 0.25) is 0 Å². The van der Waals surface area contributed by atoms with E-state index >= 15 is 0 Å². The average Bonchev–Trinajstić information content (AvgIpc) is 3.39. The summed E-state index contributed by atoms with van der Waals surface area (Å²) in [5.74, 6) is -2.80. The molecule has 2 bridgehead atoms. The maximum absolute atomic E-state index is 13.9. The number of unbranched alkanes of at least 4 members (excludes halogenated alkanes) is 1. The Hall–Kier alpha value is -1.97. The van der Waals surface area contributed by atoms with Crippen LogP contribution in [0.5, 0.6) is 0 Å². The number of alkyl halides is 1. The molecule has 7 atom stereocenters. The molecule has 0 radical (unpaired) electrons. The molecule has 0 saturated carbocycles. The number of likely N-dealkylation sites (tertiary alicyclic amines) is 1. The molecule has 3 aliphatic rings. The van der Waals surface area contributed by atoms with Gasteiger partial charge in [-0.25, -0.2) is 0 Å². The summed E-state index contributed by atoms with van der Waals surface area (Å²) in [6.07, 6.45) is 1.59. The molecule has 0 aliphatic carbocycles. The zero-order valence-electron chi connectivity index (χ0n) is 18.9. The second kappa shape index (κ2) is 9.72. The molecule has 180 valence electrons. The number of rotatable bonds is 9. The van der Waals surface area contributed by atoms with Crippen LogP contribution in [0.15, 0.2) is 30.3 Å². The van der Waals surface area contributed by atoms with E-state index in [4.69, 9.17) is 9.47 Å². The number of aliphatic hydroxyl groups excluding tert-OH is 1. The van der Waals surface area contributed by atoms with Crippen molar-refractivity contribution >= 4 is 33.7 Å². The minimum atomic E-state index is -1.16. The van der Waals surface area contributed by atoms with Gasteiger partial charge < -0.3 is 24.8 Å². The highest BCUT2D eigenvalue weighted by Gasteiger charge is 2.77. The number of hydrogen-bond donors (Lipinski definition) is 2. The Morgan fingerprint density at radius 3 is 2.70 bits per heavy atom. The molecule has 1 unspecified atom stereocenters. The number of amides is 2. The van der Waals surface area contributed by atoms with Crippen LogP contribution >= 0.6 is 15.9 Å². The average molecular weight is 523 g/mol. The largest absolute Gasteiger partial charge is 0.466 e. The molecular formula is C24H31BrN2O6. The van der Waals surface area contributed by atoms with Gasteiger partial charge in [0.25, 0.3) is 0 Å². The number of fused-ring (bicyclic) bond motifs is 1. The van der Waals surface area contributed by atoms with Gasteiger partial charge in [0.2, 0.25) is 11.8 Å². The van der Waals surface area contributed by atoms with E-state index in [1.807, 2.05) is 37.3 Å². The Kier molecular flexibility index (Phi) is 7.12. The van der Waals surface area contributed by atoms with Crippen molar-refractivity contribution in [3.05, 3.63) is 35.9 Å². The highest BCUT2D eigenvalue weighted by Crippen LogP contribution is 2.61. The lowest BCUT2D eigenvalue weighted by atomic mass is 9.70. The first-order chi connectivity index (χ1) is 15.9. The first-order valence-corrected chi connectivity index (χ1v) is 12.6. The summed E-state index contributed by atoms with van der Waals surface area (Å²) in [6, 6.07) is 7.44. The molecule has 3 heterocycles. The monoisotopic (exact) mass is 522 g/mol. The quantitative estimate of drug-likeness (QED) is 0.291. The maximum atomic E-state index is 13.9. The lowest BCUT2D eigenvalue weighted by Gasteiger charge is -2.37. The smallest absolute Gasteiger partial charge is 0.312 e. The number of nitrogens with one attached hydrogen (secondary N) is 1. The summed E-state index contributed by atoms with van der Waals surface area (Å²) in [5, 5.41) is 13.3. The third-order valence-electron chi connectivity index (χ3n) is 7.06. The summed E-state index contributed by atoms with van der Waals surface area (Å²) in [7, 11) is 0. The van der Waals surface area contributed by atoms with Gasteiger partial charge in [0, 0.05) is 11.4 Å². The normalized spacial score (nSPS) is 33.2. The Morgan fingerprint density at radius 2 is 2.06 bits per heavy atom. The number of aliphatic hydroxyl groups is 1. The van der Waals surface area contributed by atoms with Crippen molar-refractivity contribution in [2.24, 2.45) is 11.8 Å². The van der Waals surface area contributed by atoms with Crippen LogP contribution < -0.4 is 5.32 Å². The van der Waals surface area contributed by atoms with Gasteiger partial charge in [0.1, 0.15) is 11.6 Å². The standard InChI is InChI=1S/C24H31BrN2O6/c1-3-5-11-26-21(29)20-24-12-15(25)19(33-24)17(23(31)32-4-2)18(24)22(30)27(20)16(13-28)14-9-7-6-8-10-14/h6-10,15-20,28H,3-5,11-13H2,1-2H3,(H,26,29)/t15?,16-,17+,18-,19+,20+,24-/m1/s1. The number of ether oxygens (including phenoxy) is 2. The van der Waals surface area contributed by atoms with Crippen molar-refractivity contribution in [3.8, 4) is 0 Å². The molecule has 3 aliphatic heterocycles. The van der Waals surface area contributed by atoms with Gasteiger partial charge in [-0.05, 0) is 25.3 Å². The second-order valence-corrected chi connectivity index (χ2v) is 10.1. The van der Waals surface area contributed by atoms with Crippen LogP contribution in [-0.4, -0.2) is 70.1 Å². The van der Waals surface area contributed by atoms with E-state index in [-0.39, 0.29) is 29.9 Å².